The van der Waals surface area contributed by atoms with Crippen LogP contribution in [0.15, 0.2) is 48.5 Å². The number of halogens is 1. The van der Waals surface area contributed by atoms with Crippen LogP contribution in [0.5, 0.6) is 0 Å². The number of nitrogens with zero attached hydrogens (tertiary/aromatic N) is 1. The van der Waals surface area contributed by atoms with E-state index in [4.69, 9.17) is 0 Å². The van der Waals surface area contributed by atoms with Gasteiger partial charge in [-0.1, -0.05) is 36.4 Å². The lowest BCUT2D eigenvalue weighted by molar-refractivity contribution is -0.114. The second-order valence-electron chi connectivity index (χ2n) is 4.34. The molecule has 1 amide bonds. The molecule has 3 nitrogen and oxygen atoms in total. The Labute approximate surface area is 124 Å². The average molecular weight is 363 g/mol. The van der Waals surface area contributed by atoms with Crippen molar-refractivity contribution in [3.05, 3.63) is 63.2 Å². The van der Waals surface area contributed by atoms with Gasteiger partial charge in [-0.05, 0) is 40.3 Å². The van der Waals surface area contributed by atoms with Crippen molar-refractivity contribution in [3.63, 3.8) is 0 Å². The zero-order valence-electron chi connectivity index (χ0n) is 9.97. The minimum atomic E-state index is -0.442. The van der Waals surface area contributed by atoms with Crippen LogP contribution in [0.25, 0.3) is 0 Å². The second-order valence-corrected chi connectivity index (χ2v) is 5.50. The van der Waals surface area contributed by atoms with Crippen molar-refractivity contribution >= 4 is 40.0 Å². The van der Waals surface area contributed by atoms with Crippen LogP contribution in [0.3, 0.4) is 0 Å². The lowest BCUT2D eigenvalue weighted by Crippen LogP contribution is -2.29. The van der Waals surface area contributed by atoms with Gasteiger partial charge >= 0.3 is 0 Å². The molecule has 0 saturated heterocycles. The Kier molecular flexibility index (Phi) is 3.10. The van der Waals surface area contributed by atoms with Crippen molar-refractivity contribution in [3.8, 4) is 0 Å². The first-order valence-corrected chi connectivity index (χ1v) is 6.95. The van der Waals surface area contributed by atoms with E-state index in [1.54, 1.807) is 17.0 Å². The van der Waals surface area contributed by atoms with Gasteiger partial charge in [0.05, 0.1) is 17.8 Å². The average Bonchev–Trinajstić information content (AvgIpc) is 2.67. The molecule has 1 heterocycles. The third kappa shape index (κ3) is 2.06. The van der Waals surface area contributed by atoms with Crippen LogP contribution in [0.1, 0.15) is 15.9 Å². The van der Waals surface area contributed by atoms with Crippen LogP contribution in [0.4, 0.5) is 5.69 Å². The molecular formula is C15H10INO2. The van der Waals surface area contributed by atoms with Gasteiger partial charge in [0.2, 0.25) is 0 Å². The Bertz CT molecular complexity index is 667. The topological polar surface area (TPSA) is 37.4 Å². The van der Waals surface area contributed by atoms with E-state index >= 15 is 0 Å². The molecule has 2 aromatic rings. The van der Waals surface area contributed by atoms with Crippen LogP contribution in [-0.2, 0) is 11.3 Å². The molecule has 94 valence electrons. The van der Waals surface area contributed by atoms with Crippen LogP contribution in [0, 0.1) is 3.57 Å². The summed E-state index contributed by atoms with van der Waals surface area (Å²) < 4.78 is 0.922. The van der Waals surface area contributed by atoms with Crippen LogP contribution in [-0.4, -0.2) is 11.7 Å². The molecule has 0 aromatic heterocycles. The number of ketones is 1. The summed E-state index contributed by atoms with van der Waals surface area (Å²) in [6.45, 7) is 0.429. The standard InChI is InChI=1S/C15H10INO2/c16-12-8-4-7-11-13(12)17(15(19)14(11)18)9-10-5-2-1-3-6-10/h1-8H,9H2. The number of benzene rings is 2. The van der Waals surface area contributed by atoms with E-state index in [1.807, 2.05) is 36.4 Å². The third-order valence-corrected chi connectivity index (χ3v) is 3.99. The number of para-hydroxylation sites is 1. The van der Waals surface area contributed by atoms with E-state index in [1.165, 1.54) is 0 Å². The summed E-state index contributed by atoms with van der Waals surface area (Å²) in [5.74, 6) is -0.854. The second kappa shape index (κ2) is 4.77. The van der Waals surface area contributed by atoms with Gasteiger partial charge in [0.15, 0.2) is 0 Å². The summed E-state index contributed by atoms with van der Waals surface area (Å²) in [6, 6.07) is 15.1. The van der Waals surface area contributed by atoms with Crippen molar-refractivity contribution in [2.45, 2.75) is 6.54 Å². The molecule has 3 rings (SSSR count). The molecule has 0 atom stereocenters. The van der Waals surface area contributed by atoms with Crippen molar-refractivity contribution in [2.75, 3.05) is 4.90 Å². The molecule has 0 aliphatic carbocycles. The molecule has 1 aliphatic rings. The number of Topliss-reactive ketones (excluding diaryl/α,β-unsaturated/α-hetero) is 1. The first-order chi connectivity index (χ1) is 9.18. The van der Waals surface area contributed by atoms with E-state index in [9.17, 15) is 9.59 Å². The Morgan fingerprint density at radius 2 is 1.68 bits per heavy atom. The quantitative estimate of drug-likeness (QED) is 0.608. The van der Waals surface area contributed by atoms with Crippen molar-refractivity contribution in [2.24, 2.45) is 0 Å². The molecule has 0 bridgehead atoms. The van der Waals surface area contributed by atoms with Gasteiger partial charge in [-0.3, -0.25) is 14.5 Å². The Balaban J connectivity index is 2.04. The maximum atomic E-state index is 12.1. The highest BCUT2D eigenvalue weighted by Gasteiger charge is 2.36. The predicted molar refractivity (Wildman–Crippen MR) is 81.1 cm³/mol. The minimum Gasteiger partial charge on any atom is -0.299 e. The van der Waals surface area contributed by atoms with Crippen LogP contribution >= 0.6 is 22.6 Å². The number of carbonyl (C=O) groups excluding carboxylic acids is 2. The SMILES string of the molecule is O=C1C(=O)N(Cc2ccccc2)c2c(I)cccc21. The molecule has 4 heteroatoms. The number of anilines is 1. The molecule has 0 saturated carbocycles. The van der Waals surface area contributed by atoms with E-state index in [0.717, 1.165) is 14.8 Å². The summed E-state index contributed by atoms with van der Waals surface area (Å²) in [7, 11) is 0. The fraction of sp³-hybridized carbons (Fsp3) is 0.0667. The summed E-state index contributed by atoms with van der Waals surface area (Å²) in [5.41, 5.74) is 2.26. The Morgan fingerprint density at radius 1 is 0.947 bits per heavy atom. The molecule has 0 fully saturated rings. The van der Waals surface area contributed by atoms with Gasteiger partial charge in [-0.25, -0.2) is 0 Å². The van der Waals surface area contributed by atoms with Gasteiger partial charge < -0.3 is 0 Å². The van der Waals surface area contributed by atoms with E-state index in [0.29, 0.717) is 12.1 Å². The number of fused-ring (bicyclic) bond motifs is 1. The van der Waals surface area contributed by atoms with E-state index in [2.05, 4.69) is 22.6 Å². The molecule has 0 N–H and O–H groups in total. The summed E-state index contributed by atoms with van der Waals surface area (Å²) >= 11 is 2.16. The van der Waals surface area contributed by atoms with E-state index < -0.39 is 11.7 Å². The first-order valence-electron chi connectivity index (χ1n) is 5.87. The fourth-order valence-corrected chi connectivity index (χ4v) is 3.02. The monoisotopic (exact) mass is 363 g/mol. The zero-order chi connectivity index (χ0) is 13.4. The molecule has 19 heavy (non-hydrogen) atoms. The molecule has 0 unspecified atom stereocenters. The lowest BCUT2D eigenvalue weighted by atomic mass is 10.1. The first kappa shape index (κ1) is 12.3. The normalized spacial score (nSPS) is 13.8. The van der Waals surface area contributed by atoms with Gasteiger partial charge in [0, 0.05) is 3.57 Å². The van der Waals surface area contributed by atoms with Crippen molar-refractivity contribution in [1.82, 2.24) is 0 Å². The maximum Gasteiger partial charge on any atom is 0.299 e. The number of carbonyl (C=O) groups is 2. The minimum absolute atomic E-state index is 0.413. The molecule has 1 aliphatic heterocycles. The van der Waals surface area contributed by atoms with E-state index in [-0.39, 0.29) is 0 Å². The van der Waals surface area contributed by atoms with Crippen molar-refractivity contribution < 1.29 is 9.59 Å². The predicted octanol–water partition coefficient (Wildman–Crippen LogP) is 3.02. The number of amides is 1. The summed E-state index contributed by atoms with van der Waals surface area (Å²) in [4.78, 5) is 25.6. The van der Waals surface area contributed by atoms with Gasteiger partial charge in [0.1, 0.15) is 0 Å². The molecule has 0 radical (unpaired) electrons. The highest BCUT2D eigenvalue weighted by molar-refractivity contribution is 14.1. The largest absolute Gasteiger partial charge is 0.299 e. The third-order valence-electron chi connectivity index (χ3n) is 3.12. The Hall–Kier alpha value is -1.69. The summed E-state index contributed by atoms with van der Waals surface area (Å²) in [5, 5.41) is 0. The summed E-state index contributed by atoms with van der Waals surface area (Å²) in [6.07, 6.45) is 0. The molecular weight excluding hydrogens is 353 g/mol. The van der Waals surface area contributed by atoms with Crippen molar-refractivity contribution in [1.29, 1.82) is 0 Å². The maximum absolute atomic E-state index is 12.1. The van der Waals surface area contributed by atoms with Crippen LogP contribution in [0.2, 0.25) is 0 Å². The number of rotatable bonds is 2. The van der Waals surface area contributed by atoms with Gasteiger partial charge in [-0.15, -0.1) is 0 Å². The molecule has 0 spiro atoms. The Morgan fingerprint density at radius 3 is 2.42 bits per heavy atom. The van der Waals surface area contributed by atoms with Crippen LogP contribution < -0.4 is 4.90 Å². The number of hydrogen-bond acceptors (Lipinski definition) is 2. The fourth-order valence-electron chi connectivity index (χ4n) is 2.23. The number of hydrogen-bond donors (Lipinski definition) is 0. The highest BCUT2D eigenvalue weighted by Crippen LogP contribution is 2.34. The van der Waals surface area contributed by atoms with Gasteiger partial charge in [-0.2, -0.15) is 0 Å². The smallest absolute Gasteiger partial charge is 0.299 e. The zero-order valence-corrected chi connectivity index (χ0v) is 12.1. The van der Waals surface area contributed by atoms with Gasteiger partial charge in [0.25, 0.3) is 11.7 Å². The highest BCUT2D eigenvalue weighted by atomic mass is 127. The molecule has 2 aromatic carbocycles. The lowest BCUT2D eigenvalue weighted by Gasteiger charge is -2.17.